The minimum atomic E-state index is -3.78. The van der Waals surface area contributed by atoms with Gasteiger partial charge in [0.2, 0.25) is 10.0 Å². The van der Waals surface area contributed by atoms with E-state index in [2.05, 4.69) is 19.2 Å². The van der Waals surface area contributed by atoms with Gasteiger partial charge in [0.05, 0.1) is 10.5 Å². The van der Waals surface area contributed by atoms with Crippen molar-refractivity contribution in [3.63, 3.8) is 0 Å². The molecule has 2 aromatic rings. The average Bonchev–Trinajstić information content (AvgIpc) is 2.85. The number of amides is 1. The van der Waals surface area contributed by atoms with Gasteiger partial charge in [-0.2, -0.15) is 4.31 Å². The van der Waals surface area contributed by atoms with Gasteiger partial charge in [0.1, 0.15) is 0 Å². The molecule has 3 atom stereocenters. The number of sulfonamides is 1. The number of esters is 1. The van der Waals surface area contributed by atoms with E-state index >= 15 is 0 Å². The maximum absolute atomic E-state index is 13.2. The maximum Gasteiger partial charge on any atom is 0.338 e. The van der Waals surface area contributed by atoms with Gasteiger partial charge in [0, 0.05) is 19.1 Å². The summed E-state index contributed by atoms with van der Waals surface area (Å²) in [6.45, 7) is 4.61. The molecule has 1 N–H and O–H groups in total. The first-order valence-electron chi connectivity index (χ1n) is 11.9. The fraction of sp³-hybridized carbons (Fsp3) is 0.462. The largest absolute Gasteiger partial charge is 0.452 e. The Morgan fingerprint density at radius 1 is 1.06 bits per heavy atom. The number of carbonyl (C=O) groups is 2. The van der Waals surface area contributed by atoms with Gasteiger partial charge in [0.25, 0.3) is 5.91 Å². The molecule has 1 amide bonds. The SMILES string of the molecule is C[C@H]1[C@@H](C)CCC[C@H]1NC(=O)COC(=O)c1cccc(S(=O)(=O)N2CCc3ccccc3C2)c1. The first-order valence-corrected chi connectivity index (χ1v) is 13.3. The number of fused-ring (bicyclic) bond motifs is 1. The van der Waals surface area contributed by atoms with E-state index in [1.54, 1.807) is 0 Å². The third-order valence-corrected chi connectivity index (χ3v) is 9.03. The Bertz CT molecular complexity index is 1160. The highest BCUT2D eigenvalue weighted by atomic mass is 32.2. The predicted octanol–water partition coefficient (Wildman–Crippen LogP) is 3.53. The lowest BCUT2D eigenvalue weighted by Crippen LogP contribution is -2.45. The molecule has 1 fully saturated rings. The number of nitrogens with zero attached hydrogens (tertiary/aromatic N) is 1. The van der Waals surface area contributed by atoms with Gasteiger partial charge in [-0.3, -0.25) is 4.79 Å². The second kappa shape index (κ2) is 10.3. The lowest BCUT2D eigenvalue weighted by Gasteiger charge is -2.34. The molecule has 0 bridgehead atoms. The molecule has 1 aliphatic carbocycles. The molecule has 4 rings (SSSR count). The van der Waals surface area contributed by atoms with Crippen LogP contribution in [0, 0.1) is 11.8 Å². The van der Waals surface area contributed by atoms with E-state index in [0.717, 1.165) is 30.4 Å². The Balaban J connectivity index is 1.38. The molecule has 0 unspecified atom stereocenters. The minimum Gasteiger partial charge on any atom is -0.452 e. The van der Waals surface area contributed by atoms with Crippen LogP contribution in [0.5, 0.6) is 0 Å². The van der Waals surface area contributed by atoms with Crippen LogP contribution < -0.4 is 5.32 Å². The van der Waals surface area contributed by atoms with Crippen molar-refractivity contribution in [3.05, 3.63) is 65.2 Å². The van der Waals surface area contributed by atoms with Gasteiger partial charge in [-0.1, -0.05) is 57.0 Å². The van der Waals surface area contributed by atoms with E-state index in [-0.39, 0.29) is 22.4 Å². The Kier molecular flexibility index (Phi) is 7.38. The molecule has 1 heterocycles. The van der Waals surface area contributed by atoms with Crippen molar-refractivity contribution >= 4 is 21.9 Å². The Labute approximate surface area is 201 Å². The van der Waals surface area contributed by atoms with E-state index in [1.807, 2.05) is 24.3 Å². The quantitative estimate of drug-likeness (QED) is 0.633. The minimum absolute atomic E-state index is 0.0378. The highest BCUT2D eigenvalue weighted by Crippen LogP contribution is 2.29. The van der Waals surface area contributed by atoms with E-state index in [4.69, 9.17) is 4.74 Å². The monoisotopic (exact) mass is 484 g/mol. The summed E-state index contributed by atoms with van der Waals surface area (Å²) in [5.41, 5.74) is 2.24. The second-order valence-electron chi connectivity index (χ2n) is 9.40. The molecule has 0 saturated heterocycles. The van der Waals surface area contributed by atoms with Gasteiger partial charge in [0.15, 0.2) is 6.61 Å². The molecule has 2 aromatic carbocycles. The molecule has 34 heavy (non-hydrogen) atoms. The van der Waals surface area contributed by atoms with Crippen LogP contribution >= 0.6 is 0 Å². The molecule has 182 valence electrons. The number of hydrogen-bond donors (Lipinski definition) is 1. The van der Waals surface area contributed by atoms with Crippen molar-refractivity contribution in [2.75, 3.05) is 13.2 Å². The lowest BCUT2D eigenvalue weighted by atomic mass is 9.78. The number of rotatable bonds is 6. The van der Waals surface area contributed by atoms with Gasteiger partial charge in [-0.05, 0) is 54.0 Å². The van der Waals surface area contributed by atoms with Crippen molar-refractivity contribution in [3.8, 4) is 0 Å². The summed E-state index contributed by atoms with van der Waals surface area (Å²) in [5.74, 6) is -0.145. The first-order chi connectivity index (χ1) is 16.3. The Hall–Kier alpha value is -2.71. The van der Waals surface area contributed by atoms with Crippen molar-refractivity contribution in [2.24, 2.45) is 11.8 Å². The molecule has 1 aliphatic heterocycles. The highest BCUT2D eigenvalue weighted by Gasteiger charge is 2.30. The van der Waals surface area contributed by atoms with Crippen LogP contribution in [-0.2, 0) is 32.5 Å². The van der Waals surface area contributed by atoms with Crippen LogP contribution in [-0.4, -0.2) is 43.8 Å². The second-order valence-corrected chi connectivity index (χ2v) is 11.3. The average molecular weight is 485 g/mol. The van der Waals surface area contributed by atoms with Gasteiger partial charge < -0.3 is 10.1 Å². The summed E-state index contributed by atoms with van der Waals surface area (Å²) >= 11 is 0. The topological polar surface area (TPSA) is 92.8 Å². The van der Waals surface area contributed by atoms with Gasteiger partial charge in [-0.15, -0.1) is 0 Å². The summed E-state index contributed by atoms with van der Waals surface area (Å²) in [7, 11) is -3.78. The van der Waals surface area contributed by atoms with Crippen LogP contribution in [0.15, 0.2) is 53.4 Å². The van der Waals surface area contributed by atoms with Crippen LogP contribution in [0.3, 0.4) is 0 Å². The van der Waals surface area contributed by atoms with E-state index < -0.39 is 22.6 Å². The predicted molar refractivity (Wildman–Crippen MR) is 129 cm³/mol. The van der Waals surface area contributed by atoms with E-state index in [1.165, 1.54) is 28.6 Å². The summed E-state index contributed by atoms with van der Waals surface area (Å²) in [6.07, 6.45) is 3.79. The normalized spacial score (nSPS) is 23.1. The zero-order chi connectivity index (χ0) is 24.3. The van der Waals surface area contributed by atoms with Crippen molar-refractivity contribution in [1.29, 1.82) is 0 Å². The highest BCUT2D eigenvalue weighted by molar-refractivity contribution is 7.89. The first kappa shape index (κ1) is 24.4. The van der Waals surface area contributed by atoms with Crippen molar-refractivity contribution in [2.45, 2.75) is 57.0 Å². The molecular weight excluding hydrogens is 452 g/mol. The van der Waals surface area contributed by atoms with Gasteiger partial charge >= 0.3 is 5.97 Å². The molecule has 0 radical (unpaired) electrons. The van der Waals surface area contributed by atoms with Crippen molar-refractivity contribution in [1.82, 2.24) is 9.62 Å². The maximum atomic E-state index is 13.2. The number of benzene rings is 2. The summed E-state index contributed by atoms with van der Waals surface area (Å²) in [4.78, 5) is 24.9. The molecule has 0 aromatic heterocycles. The standard InChI is InChI=1S/C26H32N2O5S/c1-18-7-5-12-24(19(18)2)27-25(29)17-33-26(30)21-10-6-11-23(15-21)34(31,32)28-14-13-20-8-3-4-9-22(20)16-28/h3-4,6,8-11,15,18-19,24H,5,7,12-14,16-17H2,1-2H3,(H,27,29)/t18-,19-,24+/m0/s1. The molecule has 8 heteroatoms. The Morgan fingerprint density at radius 2 is 1.82 bits per heavy atom. The number of nitrogens with one attached hydrogen (secondary N) is 1. The number of ether oxygens (including phenoxy) is 1. The third kappa shape index (κ3) is 5.33. The van der Waals surface area contributed by atoms with E-state index in [9.17, 15) is 18.0 Å². The molecule has 1 saturated carbocycles. The number of carbonyl (C=O) groups excluding carboxylic acids is 2. The van der Waals surface area contributed by atoms with Crippen LogP contribution in [0.25, 0.3) is 0 Å². The smallest absolute Gasteiger partial charge is 0.338 e. The lowest BCUT2D eigenvalue weighted by molar-refractivity contribution is -0.125. The summed E-state index contributed by atoms with van der Waals surface area (Å²) < 4.78 is 33.1. The van der Waals surface area contributed by atoms with Crippen LogP contribution in [0.4, 0.5) is 0 Å². The van der Waals surface area contributed by atoms with Crippen LogP contribution in [0.2, 0.25) is 0 Å². The van der Waals surface area contributed by atoms with E-state index in [0.29, 0.717) is 31.3 Å². The number of hydrogen-bond acceptors (Lipinski definition) is 5. The zero-order valence-corrected chi connectivity index (χ0v) is 20.5. The van der Waals surface area contributed by atoms with Crippen molar-refractivity contribution < 1.29 is 22.7 Å². The van der Waals surface area contributed by atoms with Gasteiger partial charge in [-0.25, -0.2) is 13.2 Å². The van der Waals surface area contributed by atoms with Crippen LogP contribution in [0.1, 0.15) is 54.6 Å². The Morgan fingerprint density at radius 3 is 2.62 bits per heavy atom. The fourth-order valence-electron chi connectivity index (χ4n) is 4.86. The zero-order valence-electron chi connectivity index (χ0n) is 19.7. The molecule has 0 spiro atoms. The fourth-order valence-corrected chi connectivity index (χ4v) is 6.32. The molecule has 2 aliphatic rings. The molecule has 7 nitrogen and oxygen atoms in total. The molecular formula is C26H32N2O5S. The summed E-state index contributed by atoms with van der Waals surface area (Å²) in [5, 5.41) is 2.97. The third-order valence-electron chi connectivity index (χ3n) is 7.19. The summed E-state index contributed by atoms with van der Waals surface area (Å²) in [6, 6.07) is 13.7.